The van der Waals surface area contributed by atoms with Gasteiger partial charge in [-0.2, -0.15) is 5.10 Å². The SMILES string of the molecule is O=C1NC[C@H](CC2(O)CC2)N2CC(F)(F)Cc3c(-c4cn[nH]c4)sc1c32. The van der Waals surface area contributed by atoms with Gasteiger partial charge in [0.1, 0.15) is 4.88 Å². The van der Waals surface area contributed by atoms with Gasteiger partial charge in [-0.1, -0.05) is 0 Å². The molecule has 3 aliphatic rings. The van der Waals surface area contributed by atoms with Crippen molar-refractivity contribution < 1.29 is 18.7 Å². The van der Waals surface area contributed by atoms with Gasteiger partial charge in [0.15, 0.2) is 0 Å². The van der Waals surface area contributed by atoms with Gasteiger partial charge in [-0.05, 0) is 19.3 Å². The number of aromatic nitrogens is 2. The number of amides is 1. The standard InChI is InChI=1S/C17H18F2N4O2S/c18-17(19)4-11-12-14(26-13(11)9-5-21-22-6-9)15(24)20-7-10(23(12)8-17)3-16(25)1-2-16/h5-6,10,25H,1-4,7-8H2,(H,20,24)(H,21,22)/t10-/m0/s1. The first-order valence-electron chi connectivity index (χ1n) is 8.65. The van der Waals surface area contributed by atoms with Crippen molar-refractivity contribution >= 4 is 22.9 Å². The number of alkyl halides is 2. The number of anilines is 1. The van der Waals surface area contributed by atoms with Crippen molar-refractivity contribution in [2.75, 3.05) is 18.0 Å². The highest BCUT2D eigenvalue weighted by Gasteiger charge is 2.49. The lowest BCUT2D eigenvalue weighted by Crippen LogP contribution is -2.51. The van der Waals surface area contributed by atoms with Crippen LogP contribution in [0.4, 0.5) is 14.5 Å². The molecule has 4 heterocycles. The Morgan fingerprint density at radius 1 is 1.38 bits per heavy atom. The Morgan fingerprint density at radius 3 is 2.88 bits per heavy atom. The van der Waals surface area contributed by atoms with E-state index in [4.69, 9.17) is 0 Å². The third-order valence-corrected chi connectivity index (χ3v) is 6.72. The van der Waals surface area contributed by atoms with E-state index in [2.05, 4.69) is 15.5 Å². The van der Waals surface area contributed by atoms with Crippen LogP contribution in [0.1, 0.15) is 34.5 Å². The van der Waals surface area contributed by atoms with E-state index in [9.17, 15) is 18.7 Å². The second-order valence-corrected chi connectivity index (χ2v) is 8.55. The van der Waals surface area contributed by atoms with Crippen LogP contribution in [0.2, 0.25) is 0 Å². The molecule has 9 heteroatoms. The average molecular weight is 380 g/mol. The van der Waals surface area contributed by atoms with Crippen molar-refractivity contribution in [1.29, 1.82) is 0 Å². The van der Waals surface area contributed by atoms with E-state index in [0.717, 1.165) is 0 Å². The molecule has 1 fully saturated rings. The fourth-order valence-corrected chi connectivity index (χ4v) is 5.24. The van der Waals surface area contributed by atoms with E-state index in [1.54, 1.807) is 17.3 Å². The number of carbonyl (C=O) groups excluding carboxylic acids is 1. The number of nitrogens with one attached hydrogen (secondary N) is 2. The summed E-state index contributed by atoms with van der Waals surface area (Å²) in [7, 11) is 0. The van der Waals surface area contributed by atoms with Gasteiger partial charge in [-0.3, -0.25) is 9.89 Å². The van der Waals surface area contributed by atoms with Crippen molar-refractivity contribution in [3.8, 4) is 10.4 Å². The van der Waals surface area contributed by atoms with Gasteiger partial charge in [0.2, 0.25) is 0 Å². The summed E-state index contributed by atoms with van der Waals surface area (Å²) in [6.07, 6.45) is 4.61. The Kier molecular flexibility index (Phi) is 3.28. The average Bonchev–Trinajstić information content (AvgIpc) is 3.00. The minimum absolute atomic E-state index is 0.235. The van der Waals surface area contributed by atoms with Gasteiger partial charge in [0.25, 0.3) is 11.8 Å². The topological polar surface area (TPSA) is 81.2 Å². The van der Waals surface area contributed by atoms with Crippen molar-refractivity contribution in [3.63, 3.8) is 0 Å². The van der Waals surface area contributed by atoms with Crippen LogP contribution in [0.3, 0.4) is 0 Å². The summed E-state index contributed by atoms with van der Waals surface area (Å²) in [6, 6.07) is -0.343. The zero-order valence-electron chi connectivity index (χ0n) is 13.9. The monoisotopic (exact) mass is 380 g/mol. The van der Waals surface area contributed by atoms with Crippen LogP contribution in [0.15, 0.2) is 12.4 Å². The maximum atomic E-state index is 14.6. The number of hydrogen-bond acceptors (Lipinski definition) is 5. The van der Waals surface area contributed by atoms with E-state index < -0.39 is 18.1 Å². The second-order valence-electron chi connectivity index (χ2n) is 7.53. The lowest BCUT2D eigenvalue weighted by Gasteiger charge is -2.40. The Balaban J connectivity index is 1.66. The predicted molar refractivity (Wildman–Crippen MR) is 92.8 cm³/mol. The lowest BCUT2D eigenvalue weighted by atomic mass is 9.95. The number of H-pyrrole nitrogens is 1. The third kappa shape index (κ3) is 2.52. The summed E-state index contributed by atoms with van der Waals surface area (Å²) in [4.78, 5) is 15.4. The minimum atomic E-state index is -2.89. The van der Waals surface area contributed by atoms with Crippen LogP contribution in [0.5, 0.6) is 0 Å². The summed E-state index contributed by atoms with van der Waals surface area (Å²) in [5.74, 6) is -3.12. The molecule has 0 bridgehead atoms. The first kappa shape index (κ1) is 16.2. The van der Waals surface area contributed by atoms with E-state index in [0.29, 0.717) is 45.8 Å². The fraction of sp³-hybridized carbons (Fsp3) is 0.529. The van der Waals surface area contributed by atoms with Gasteiger partial charge in [0.05, 0.1) is 24.0 Å². The van der Waals surface area contributed by atoms with Crippen molar-refractivity contribution in [1.82, 2.24) is 15.5 Å². The third-order valence-electron chi connectivity index (χ3n) is 5.45. The molecule has 1 atom stereocenters. The highest BCUT2D eigenvalue weighted by Crippen LogP contribution is 2.50. The molecule has 2 aromatic rings. The maximum absolute atomic E-state index is 14.6. The molecule has 3 N–H and O–H groups in total. The summed E-state index contributed by atoms with van der Waals surface area (Å²) in [5.41, 5.74) is 1.05. The molecule has 26 heavy (non-hydrogen) atoms. The van der Waals surface area contributed by atoms with Crippen LogP contribution >= 0.6 is 11.3 Å². The molecule has 0 saturated heterocycles. The van der Waals surface area contributed by atoms with Crippen molar-refractivity contribution in [3.05, 3.63) is 22.8 Å². The Labute approximate surface area is 152 Å². The van der Waals surface area contributed by atoms with E-state index >= 15 is 0 Å². The van der Waals surface area contributed by atoms with Crippen LogP contribution in [0.25, 0.3) is 10.4 Å². The van der Waals surface area contributed by atoms with Crippen LogP contribution < -0.4 is 10.2 Å². The summed E-state index contributed by atoms with van der Waals surface area (Å²) in [5, 5.41) is 19.8. The summed E-state index contributed by atoms with van der Waals surface area (Å²) < 4.78 is 29.2. The summed E-state index contributed by atoms with van der Waals surface area (Å²) in [6.45, 7) is -0.163. The molecule has 2 aliphatic heterocycles. The number of rotatable bonds is 3. The van der Waals surface area contributed by atoms with E-state index in [-0.39, 0.29) is 24.9 Å². The van der Waals surface area contributed by atoms with E-state index in [1.165, 1.54) is 11.3 Å². The number of hydrogen-bond donors (Lipinski definition) is 3. The molecule has 2 aromatic heterocycles. The number of thiophene rings is 1. The normalized spacial score (nSPS) is 25.4. The Morgan fingerprint density at radius 2 is 2.19 bits per heavy atom. The first-order valence-corrected chi connectivity index (χ1v) is 9.47. The van der Waals surface area contributed by atoms with Gasteiger partial charge in [-0.25, -0.2) is 8.78 Å². The zero-order chi connectivity index (χ0) is 18.1. The molecular weight excluding hydrogens is 362 g/mol. The van der Waals surface area contributed by atoms with Gasteiger partial charge in [0, 0.05) is 41.2 Å². The molecule has 138 valence electrons. The minimum Gasteiger partial charge on any atom is -0.390 e. The molecule has 6 nitrogen and oxygen atoms in total. The van der Waals surface area contributed by atoms with Crippen LogP contribution in [-0.4, -0.2) is 51.9 Å². The molecule has 0 unspecified atom stereocenters. The second kappa shape index (κ2) is 5.26. The maximum Gasteiger partial charge on any atom is 0.269 e. The number of aliphatic hydroxyl groups is 1. The molecular formula is C17H18F2N4O2S. The molecule has 5 rings (SSSR count). The molecule has 0 spiro atoms. The van der Waals surface area contributed by atoms with Crippen LogP contribution in [-0.2, 0) is 6.42 Å². The van der Waals surface area contributed by atoms with E-state index in [1.807, 2.05) is 0 Å². The Bertz CT molecular complexity index is 876. The molecule has 1 amide bonds. The fourth-order valence-electron chi connectivity index (χ4n) is 4.01. The highest BCUT2D eigenvalue weighted by atomic mass is 32.1. The molecule has 0 aromatic carbocycles. The predicted octanol–water partition coefficient (Wildman–Crippen LogP) is 2.16. The molecule has 1 saturated carbocycles. The van der Waals surface area contributed by atoms with Gasteiger partial charge in [-0.15, -0.1) is 11.3 Å². The number of nitrogens with zero attached hydrogens (tertiary/aromatic N) is 2. The molecule has 1 aliphatic carbocycles. The van der Waals surface area contributed by atoms with Crippen molar-refractivity contribution in [2.45, 2.75) is 43.2 Å². The van der Waals surface area contributed by atoms with Crippen molar-refractivity contribution in [2.24, 2.45) is 0 Å². The quantitative estimate of drug-likeness (QED) is 0.762. The van der Waals surface area contributed by atoms with Crippen LogP contribution in [0, 0.1) is 0 Å². The highest BCUT2D eigenvalue weighted by molar-refractivity contribution is 7.18. The number of aromatic amines is 1. The Hall–Kier alpha value is -2.00. The zero-order valence-corrected chi connectivity index (χ0v) is 14.7. The summed E-state index contributed by atoms with van der Waals surface area (Å²) >= 11 is 1.24. The number of carbonyl (C=O) groups is 1. The van der Waals surface area contributed by atoms with Gasteiger partial charge >= 0.3 is 0 Å². The van der Waals surface area contributed by atoms with Gasteiger partial charge < -0.3 is 15.3 Å². The smallest absolute Gasteiger partial charge is 0.269 e. The number of halogens is 2. The molecule has 0 radical (unpaired) electrons. The largest absolute Gasteiger partial charge is 0.390 e. The lowest BCUT2D eigenvalue weighted by molar-refractivity contribution is 0.00218. The first-order chi connectivity index (χ1) is 12.4.